The topological polar surface area (TPSA) is 32.3 Å². The van der Waals surface area contributed by atoms with Crippen LogP contribution < -0.4 is 10.2 Å². The third kappa shape index (κ3) is 2.10. The number of hydrogen-bond donors (Lipinski definition) is 1. The first-order valence-corrected chi connectivity index (χ1v) is 7.71. The van der Waals surface area contributed by atoms with Crippen LogP contribution in [0.15, 0.2) is 48.7 Å². The molecule has 1 amide bonds. The quantitative estimate of drug-likeness (QED) is 0.811. The number of amides is 1. The molecule has 3 heteroatoms. The Balaban J connectivity index is 1.79. The van der Waals surface area contributed by atoms with E-state index in [0.717, 1.165) is 36.2 Å². The maximum Gasteiger partial charge on any atom is 0.257 e. The molecule has 0 unspecified atom stereocenters. The molecule has 0 spiro atoms. The SMILES string of the molecule is Cc1ccc2c(c1)/C(=C/N1CCCc3ccccc31)C(=O)N2. The van der Waals surface area contributed by atoms with Crippen LogP contribution in [0.4, 0.5) is 11.4 Å². The summed E-state index contributed by atoms with van der Waals surface area (Å²) in [5, 5.41) is 2.95. The molecule has 0 saturated heterocycles. The van der Waals surface area contributed by atoms with Crippen LogP contribution in [-0.2, 0) is 11.2 Å². The Labute approximate surface area is 130 Å². The second kappa shape index (κ2) is 5.02. The number of anilines is 2. The number of hydrogen-bond acceptors (Lipinski definition) is 2. The number of para-hydroxylation sites is 1. The number of carbonyl (C=O) groups excluding carboxylic acids is 1. The molecule has 0 atom stereocenters. The van der Waals surface area contributed by atoms with Crippen LogP contribution in [0.25, 0.3) is 5.57 Å². The van der Waals surface area contributed by atoms with Crippen molar-refractivity contribution in [2.45, 2.75) is 19.8 Å². The van der Waals surface area contributed by atoms with Crippen LogP contribution in [0.1, 0.15) is 23.1 Å². The van der Waals surface area contributed by atoms with E-state index in [1.165, 1.54) is 16.8 Å². The molecule has 0 radical (unpaired) electrons. The molecule has 0 bridgehead atoms. The molecular weight excluding hydrogens is 272 g/mol. The largest absolute Gasteiger partial charge is 0.347 e. The lowest BCUT2D eigenvalue weighted by Crippen LogP contribution is -2.24. The minimum atomic E-state index is -0.0105. The van der Waals surface area contributed by atoms with Crippen molar-refractivity contribution in [2.75, 3.05) is 16.8 Å². The van der Waals surface area contributed by atoms with Gasteiger partial charge in [-0.1, -0.05) is 29.8 Å². The maximum absolute atomic E-state index is 12.3. The molecule has 2 heterocycles. The summed E-state index contributed by atoms with van der Waals surface area (Å²) < 4.78 is 0. The number of benzene rings is 2. The standard InChI is InChI=1S/C19H18N2O/c1-13-8-9-17-15(11-13)16(19(22)20-17)12-21-10-4-6-14-5-2-3-7-18(14)21/h2-3,5,7-9,11-12H,4,6,10H2,1H3,(H,20,22)/b16-12-. The Hall–Kier alpha value is -2.55. The average molecular weight is 290 g/mol. The number of rotatable bonds is 1. The zero-order valence-corrected chi connectivity index (χ0v) is 12.6. The number of fused-ring (bicyclic) bond motifs is 2. The van der Waals surface area contributed by atoms with Gasteiger partial charge >= 0.3 is 0 Å². The lowest BCUT2D eigenvalue weighted by atomic mass is 10.0. The molecule has 110 valence electrons. The van der Waals surface area contributed by atoms with Crippen LogP contribution >= 0.6 is 0 Å². The van der Waals surface area contributed by atoms with E-state index in [0.29, 0.717) is 0 Å². The van der Waals surface area contributed by atoms with E-state index in [-0.39, 0.29) is 5.91 Å². The number of nitrogens with zero attached hydrogens (tertiary/aromatic N) is 1. The maximum atomic E-state index is 12.3. The van der Waals surface area contributed by atoms with Gasteiger partial charge in [0.2, 0.25) is 0 Å². The van der Waals surface area contributed by atoms with E-state index in [2.05, 4.69) is 47.5 Å². The lowest BCUT2D eigenvalue weighted by Gasteiger charge is -2.28. The second-order valence-electron chi connectivity index (χ2n) is 5.97. The molecular formula is C19H18N2O. The molecule has 3 nitrogen and oxygen atoms in total. The monoisotopic (exact) mass is 290 g/mol. The molecule has 2 aromatic rings. The summed E-state index contributed by atoms with van der Waals surface area (Å²) in [5.41, 5.74) is 6.42. The molecule has 0 fully saturated rings. The molecule has 2 aromatic carbocycles. The third-order valence-electron chi connectivity index (χ3n) is 4.39. The fourth-order valence-electron chi connectivity index (χ4n) is 3.28. The predicted octanol–water partition coefficient (Wildman–Crippen LogP) is 3.74. The van der Waals surface area contributed by atoms with Gasteiger partial charge in [0.1, 0.15) is 0 Å². The van der Waals surface area contributed by atoms with Crippen LogP contribution in [0.2, 0.25) is 0 Å². The van der Waals surface area contributed by atoms with E-state index in [4.69, 9.17) is 0 Å². The molecule has 1 N–H and O–H groups in total. The lowest BCUT2D eigenvalue weighted by molar-refractivity contribution is -0.110. The van der Waals surface area contributed by atoms with Crippen molar-refractivity contribution in [1.82, 2.24) is 0 Å². The third-order valence-corrected chi connectivity index (χ3v) is 4.39. The molecule has 0 aromatic heterocycles. The van der Waals surface area contributed by atoms with Gasteiger partial charge in [-0.3, -0.25) is 4.79 Å². The van der Waals surface area contributed by atoms with Gasteiger partial charge in [0, 0.05) is 29.7 Å². The highest BCUT2D eigenvalue weighted by Crippen LogP contribution is 2.35. The molecule has 0 aliphatic carbocycles. The van der Waals surface area contributed by atoms with E-state index in [1.807, 2.05) is 18.3 Å². The fraction of sp³-hybridized carbons (Fsp3) is 0.211. The summed E-state index contributed by atoms with van der Waals surface area (Å²) in [5.74, 6) is -0.0105. The summed E-state index contributed by atoms with van der Waals surface area (Å²) >= 11 is 0. The Morgan fingerprint density at radius 2 is 2.05 bits per heavy atom. The number of aryl methyl sites for hydroxylation is 2. The number of nitrogens with one attached hydrogen (secondary N) is 1. The Kier molecular flexibility index (Phi) is 3.00. The van der Waals surface area contributed by atoms with Crippen molar-refractivity contribution in [2.24, 2.45) is 0 Å². The Morgan fingerprint density at radius 3 is 2.95 bits per heavy atom. The van der Waals surface area contributed by atoms with Crippen LogP contribution in [-0.4, -0.2) is 12.5 Å². The summed E-state index contributed by atoms with van der Waals surface area (Å²) in [6, 6.07) is 14.5. The van der Waals surface area contributed by atoms with Crippen molar-refractivity contribution < 1.29 is 4.79 Å². The average Bonchev–Trinajstić information content (AvgIpc) is 2.83. The second-order valence-corrected chi connectivity index (χ2v) is 5.97. The normalized spacial score (nSPS) is 18.1. The number of carbonyl (C=O) groups is 1. The first-order valence-electron chi connectivity index (χ1n) is 7.71. The highest BCUT2D eigenvalue weighted by atomic mass is 16.2. The van der Waals surface area contributed by atoms with Crippen LogP contribution in [0.3, 0.4) is 0 Å². The van der Waals surface area contributed by atoms with Gasteiger partial charge in [-0.15, -0.1) is 0 Å². The van der Waals surface area contributed by atoms with Crippen molar-refractivity contribution in [3.8, 4) is 0 Å². The first-order chi connectivity index (χ1) is 10.7. The highest BCUT2D eigenvalue weighted by Gasteiger charge is 2.26. The molecule has 2 aliphatic heterocycles. The Morgan fingerprint density at radius 1 is 1.18 bits per heavy atom. The molecule has 4 rings (SSSR count). The van der Waals surface area contributed by atoms with E-state index < -0.39 is 0 Å². The zero-order chi connectivity index (χ0) is 15.1. The van der Waals surface area contributed by atoms with Crippen molar-refractivity contribution in [3.63, 3.8) is 0 Å². The predicted molar refractivity (Wildman–Crippen MR) is 89.9 cm³/mol. The molecule has 0 saturated carbocycles. The van der Waals surface area contributed by atoms with E-state index in [9.17, 15) is 4.79 Å². The van der Waals surface area contributed by atoms with Gasteiger partial charge in [-0.05, 0) is 43.5 Å². The smallest absolute Gasteiger partial charge is 0.257 e. The Bertz CT molecular complexity index is 792. The van der Waals surface area contributed by atoms with E-state index in [1.54, 1.807) is 0 Å². The summed E-state index contributed by atoms with van der Waals surface area (Å²) in [4.78, 5) is 14.5. The minimum Gasteiger partial charge on any atom is -0.347 e. The first kappa shape index (κ1) is 13.1. The van der Waals surface area contributed by atoms with Crippen LogP contribution in [0.5, 0.6) is 0 Å². The van der Waals surface area contributed by atoms with Crippen molar-refractivity contribution >= 4 is 22.9 Å². The summed E-state index contributed by atoms with van der Waals surface area (Å²) in [6.07, 6.45) is 4.24. The zero-order valence-electron chi connectivity index (χ0n) is 12.6. The molecule has 2 aliphatic rings. The van der Waals surface area contributed by atoms with Gasteiger partial charge in [0.15, 0.2) is 0 Å². The highest BCUT2D eigenvalue weighted by molar-refractivity contribution is 6.31. The van der Waals surface area contributed by atoms with Gasteiger partial charge in [0.25, 0.3) is 5.91 Å². The van der Waals surface area contributed by atoms with Crippen LogP contribution in [0, 0.1) is 6.92 Å². The van der Waals surface area contributed by atoms with Gasteiger partial charge in [-0.2, -0.15) is 0 Å². The summed E-state index contributed by atoms with van der Waals surface area (Å²) in [6.45, 7) is 3.01. The van der Waals surface area contributed by atoms with E-state index >= 15 is 0 Å². The van der Waals surface area contributed by atoms with Crippen molar-refractivity contribution in [1.29, 1.82) is 0 Å². The fourth-order valence-corrected chi connectivity index (χ4v) is 3.28. The van der Waals surface area contributed by atoms with Crippen molar-refractivity contribution in [3.05, 3.63) is 65.4 Å². The summed E-state index contributed by atoms with van der Waals surface area (Å²) in [7, 11) is 0. The van der Waals surface area contributed by atoms with Gasteiger partial charge in [-0.25, -0.2) is 0 Å². The molecule has 22 heavy (non-hydrogen) atoms. The van der Waals surface area contributed by atoms with Gasteiger partial charge < -0.3 is 10.2 Å². The minimum absolute atomic E-state index is 0.0105. The van der Waals surface area contributed by atoms with Gasteiger partial charge in [0.05, 0.1) is 5.57 Å².